The second-order valence-corrected chi connectivity index (χ2v) is 10.4. The lowest BCUT2D eigenvalue weighted by atomic mass is 9.84. The van der Waals surface area contributed by atoms with Gasteiger partial charge in [-0.2, -0.15) is 0 Å². The molecule has 0 aromatic heterocycles. The molecule has 3 aliphatic heterocycles. The second-order valence-electron chi connectivity index (χ2n) is 10.4. The third kappa shape index (κ3) is 6.58. The fourth-order valence-electron chi connectivity index (χ4n) is 5.86. The van der Waals surface area contributed by atoms with E-state index in [0.29, 0.717) is 62.9 Å². The number of carbonyl (C=O) groups excluding carboxylic acids is 2. The van der Waals surface area contributed by atoms with E-state index in [1.807, 2.05) is 29.7 Å². The number of rotatable bonds is 13. The Morgan fingerprint density at radius 2 is 2.00 bits per heavy atom. The lowest BCUT2D eigenvalue weighted by Crippen LogP contribution is -2.46. The number of carboxylic acids is 1. The molecule has 4 rings (SSSR count). The van der Waals surface area contributed by atoms with Crippen LogP contribution < -0.4 is 14.2 Å². The Kier molecular flexibility index (Phi) is 9.90. The Morgan fingerprint density at radius 3 is 2.69 bits per heavy atom. The van der Waals surface area contributed by atoms with Crippen molar-refractivity contribution in [3.8, 4) is 17.2 Å². The van der Waals surface area contributed by atoms with Crippen molar-refractivity contribution < 1.29 is 38.5 Å². The van der Waals surface area contributed by atoms with E-state index in [2.05, 4.69) is 0 Å². The number of aliphatic carboxylic acids is 1. The highest BCUT2D eigenvalue weighted by molar-refractivity contribution is 5.79. The quantitative estimate of drug-likeness (QED) is 0.372. The first-order chi connectivity index (χ1) is 18.9. The van der Waals surface area contributed by atoms with E-state index in [1.54, 1.807) is 6.07 Å². The molecule has 2 amide bonds. The van der Waals surface area contributed by atoms with Crippen molar-refractivity contribution in [3.05, 3.63) is 17.7 Å². The molecule has 216 valence electrons. The Balaban J connectivity index is 1.62. The van der Waals surface area contributed by atoms with Crippen LogP contribution in [0.1, 0.15) is 63.9 Å². The van der Waals surface area contributed by atoms with E-state index < -0.39 is 23.8 Å². The molecule has 0 spiro atoms. The highest BCUT2D eigenvalue weighted by Gasteiger charge is 2.48. The van der Waals surface area contributed by atoms with Crippen LogP contribution in [0.4, 0.5) is 0 Å². The SMILES string of the molecule is CCCON(CCC)C(=O)CN1C[C@H](c2cc(OC)c3c(c2)OCO3)[C@@H](C(=O)O)[C@@H]1CCN1CCCCC1=O. The minimum absolute atomic E-state index is 0.0320. The average Bonchev–Trinajstić information content (AvgIpc) is 3.54. The van der Waals surface area contributed by atoms with Crippen LogP contribution in [0.15, 0.2) is 12.1 Å². The maximum atomic E-state index is 13.4. The minimum atomic E-state index is -0.936. The summed E-state index contributed by atoms with van der Waals surface area (Å²) in [5, 5.41) is 11.9. The summed E-state index contributed by atoms with van der Waals surface area (Å²) in [5.41, 5.74) is 0.755. The predicted octanol–water partition coefficient (Wildman–Crippen LogP) is 2.88. The lowest BCUT2D eigenvalue weighted by molar-refractivity contribution is -0.188. The van der Waals surface area contributed by atoms with Gasteiger partial charge in [0.15, 0.2) is 11.5 Å². The Morgan fingerprint density at radius 1 is 1.18 bits per heavy atom. The number of piperidine rings is 1. The molecule has 0 unspecified atom stereocenters. The largest absolute Gasteiger partial charge is 0.493 e. The molecule has 0 radical (unpaired) electrons. The average molecular weight is 548 g/mol. The fraction of sp³-hybridized carbons (Fsp3) is 0.679. The zero-order valence-corrected chi connectivity index (χ0v) is 23.2. The maximum absolute atomic E-state index is 13.4. The zero-order valence-electron chi connectivity index (χ0n) is 23.2. The predicted molar refractivity (Wildman–Crippen MR) is 142 cm³/mol. The molecule has 1 aromatic rings. The van der Waals surface area contributed by atoms with E-state index in [4.69, 9.17) is 19.0 Å². The number of hydroxylamine groups is 2. The van der Waals surface area contributed by atoms with Gasteiger partial charge in [0.2, 0.25) is 18.4 Å². The van der Waals surface area contributed by atoms with E-state index in [9.17, 15) is 19.5 Å². The molecule has 2 saturated heterocycles. The molecule has 3 heterocycles. The van der Waals surface area contributed by atoms with Gasteiger partial charge in [-0.25, -0.2) is 5.06 Å². The highest BCUT2D eigenvalue weighted by Crippen LogP contribution is 2.47. The summed E-state index contributed by atoms with van der Waals surface area (Å²) in [7, 11) is 1.53. The van der Waals surface area contributed by atoms with E-state index in [1.165, 1.54) is 12.2 Å². The number of amides is 2. The molecule has 11 nitrogen and oxygen atoms in total. The smallest absolute Gasteiger partial charge is 0.308 e. The van der Waals surface area contributed by atoms with E-state index in [0.717, 1.165) is 31.2 Å². The summed E-state index contributed by atoms with van der Waals surface area (Å²) in [4.78, 5) is 48.1. The minimum Gasteiger partial charge on any atom is -0.493 e. The van der Waals surface area contributed by atoms with Gasteiger partial charge in [0, 0.05) is 44.6 Å². The van der Waals surface area contributed by atoms with Gasteiger partial charge in [-0.1, -0.05) is 13.8 Å². The monoisotopic (exact) mass is 547 g/mol. The first-order valence-electron chi connectivity index (χ1n) is 14.0. The van der Waals surface area contributed by atoms with Crippen LogP contribution in [0.2, 0.25) is 0 Å². The maximum Gasteiger partial charge on any atom is 0.308 e. The fourth-order valence-corrected chi connectivity index (χ4v) is 5.86. The number of likely N-dealkylation sites (tertiary alicyclic amines) is 2. The normalized spacial score (nSPS) is 22.8. The molecule has 39 heavy (non-hydrogen) atoms. The number of hydrogen-bond acceptors (Lipinski definition) is 8. The zero-order chi connectivity index (χ0) is 27.9. The lowest BCUT2D eigenvalue weighted by Gasteiger charge is -2.32. The summed E-state index contributed by atoms with van der Waals surface area (Å²) >= 11 is 0. The number of ether oxygens (including phenoxy) is 3. The summed E-state index contributed by atoms with van der Waals surface area (Å²) < 4.78 is 16.7. The molecule has 11 heteroatoms. The molecule has 1 aromatic carbocycles. The third-order valence-electron chi connectivity index (χ3n) is 7.75. The van der Waals surface area contributed by atoms with Crippen molar-refractivity contribution in [1.82, 2.24) is 14.9 Å². The van der Waals surface area contributed by atoms with Gasteiger partial charge in [-0.15, -0.1) is 0 Å². The number of carboxylic acid groups (broad SMARTS) is 1. The summed E-state index contributed by atoms with van der Waals surface area (Å²) in [6, 6.07) is 3.17. The molecule has 2 fully saturated rings. The van der Waals surface area contributed by atoms with Crippen LogP contribution in [0.25, 0.3) is 0 Å². The Hall–Kier alpha value is -3.05. The number of hydrogen-bond donors (Lipinski definition) is 1. The van der Waals surface area contributed by atoms with Crippen LogP contribution in [-0.2, 0) is 19.2 Å². The summed E-state index contributed by atoms with van der Waals surface area (Å²) in [5.74, 6) is -0.742. The van der Waals surface area contributed by atoms with Crippen molar-refractivity contribution in [2.24, 2.45) is 5.92 Å². The van der Waals surface area contributed by atoms with Crippen molar-refractivity contribution in [2.75, 3.05) is 53.2 Å². The van der Waals surface area contributed by atoms with Gasteiger partial charge in [0.25, 0.3) is 5.91 Å². The van der Waals surface area contributed by atoms with Crippen LogP contribution in [-0.4, -0.2) is 97.0 Å². The molecular weight excluding hydrogens is 506 g/mol. The van der Waals surface area contributed by atoms with E-state index in [-0.39, 0.29) is 25.2 Å². The second kappa shape index (κ2) is 13.3. The van der Waals surface area contributed by atoms with Crippen LogP contribution in [0, 0.1) is 5.92 Å². The summed E-state index contributed by atoms with van der Waals surface area (Å²) in [6.45, 7) is 6.46. The Bertz CT molecular complexity index is 1030. The van der Waals surface area contributed by atoms with Gasteiger partial charge in [-0.05, 0) is 49.8 Å². The van der Waals surface area contributed by atoms with Crippen molar-refractivity contribution in [3.63, 3.8) is 0 Å². The molecule has 1 N–H and O–H groups in total. The molecule has 3 aliphatic rings. The number of benzene rings is 1. The standard InChI is InChI=1S/C28H41N3O8/c1-4-10-31(39-13-5-2)25(33)17-30-16-20(19-14-22(36-3)27-23(15-19)37-18-38-27)26(28(34)35)21(30)9-12-29-11-7-6-8-24(29)32/h14-15,20-21,26H,4-13,16-18H2,1-3H3,(H,34,35)/t20-,21+,26-/m1/s1. The van der Waals surface area contributed by atoms with Crippen molar-refractivity contribution >= 4 is 17.8 Å². The first-order valence-corrected chi connectivity index (χ1v) is 14.0. The van der Waals surface area contributed by atoms with Gasteiger partial charge in [-0.3, -0.25) is 24.1 Å². The highest BCUT2D eigenvalue weighted by atomic mass is 16.7. The van der Waals surface area contributed by atoms with Gasteiger partial charge in [0.1, 0.15) is 0 Å². The molecule has 0 bridgehead atoms. The first kappa shape index (κ1) is 28.9. The molecular formula is C28H41N3O8. The topological polar surface area (TPSA) is 118 Å². The number of methoxy groups -OCH3 is 1. The summed E-state index contributed by atoms with van der Waals surface area (Å²) in [6.07, 6.45) is 4.33. The van der Waals surface area contributed by atoms with Gasteiger partial charge in [0.05, 0.1) is 26.2 Å². The van der Waals surface area contributed by atoms with Crippen molar-refractivity contribution in [1.29, 1.82) is 0 Å². The molecule has 3 atom stereocenters. The van der Waals surface area contributed by atoms with Crippen molar-refractivity contribution in [2.45, 2.75) is 64.3 Å². The van der Waals surface area contributed by atoms with Gasteiger partial charge >= 0.3 is 5.97 Å². The van der Waals surface area contributed by atoms with E-state index >= 15 is 0 Å². The van der Waals surface area contributed by atoms with Gasteiger partial charge < -0.3 is 24.2 Å². The van der Waals surface area contributed by atoms with Crippen LogP contribution in [0.5, 0.6) is 17.2 Å². The Labute approximate surface area is 229 Å². The number of fused-ring (bicyclic) bond motifs is 1. The third-order valence-corrected chi connectivity index (χ3v) is 7.75. The van der Waals surface area contributed by atoms with Crippen LogP contribution >= 0.6 is 0 Å². The number of carbonyl (C=O) groups is 3. The molecule has 0 aliphatic carbocycles. The van der Waals surface area contributed by atoms with Crippen LogP contribution in [0.3, 0.4) is 0 Å². The number of nitrogens with zero attached hydrogens (tertiary/aromatic N) is 3. The molecule has 0 saturated carbocycles.